The van der Waals surface area contributed by atoms with Crippen LogP contribution < -0.4 is 9.64 Å². The Kier molecular flexibility index (Phi) is 4.70. The van der Waals surface area contributed by atoms with E-state index in [2.05, 4.69) is 17.9 Å². The van der Waals surface area contributed by atoms with E-state index in [1.54, 1.807) is 7.11 Å². The monoisotopic (exact) mass is 263 g/mol. The molecule has 0 radical (unpaired) electrons. The third-order valence-electron chi connectivity index (χ3n) is 4.04. The summed E-state index contributed by atoms with van der Waals surface area (Å²) in [7, 11) is 1.66. The van der Waals surface area contributed by atoms with Crippen LogP contribution in [-0.4, -0.2) is 24.8 Å². The Bertz CT molecular complexity index is 417. The molecule has 0 saturated carbocycles. The van der Waals surface area contributed by atoms with Gasteiger partial charge in [0.25, 0.3) is 0 Å². The van der Waals surface area contributed by atoms with Gasteiger partial charge in [-0.2, -0.15) is 0 Å². The highest BCUT2D eigenvalue weighted by molar-refractivity contribution is 5.61. The lowest BCUT2D eigenvalue weighted by atomic mass is 10.0. The Morgan fingerprint density at radius 1 is 1.32 bits per heavy atom. The smallest absolute Gasteiger partial charge is 0.126 e. The SMILES string of the molecule is COc1cccc(N2CCCCCC2C)c1[C@H](C)O. The summed E-state index contributed by atoms with van der Waals surface area (Å²) in [5.41, 5.74) is 2.04. The molecule has 1 N–H and O–H groups in total. The minimum Gasteiger partial charge on any atom is -0.496 e. The Labute approximate surface area is 116 Å². The van der Waals surface area contributed by atoms with Crippen molar-refractivity contribution in [3.05, 3.63) is 23.8 Å². The summed E-state index contributed by atoms with van der Waals surface area (Å²) in [5, 5.41) is 10.1. The summed E-state index contributed by atoms with van der Waals surface area (Å²) in [5.74, 6) is 0.781. The van der Waals surface area contributed by atoms with E-state index in [9.17, 15) is 5.11 Å². The van der Waals surface area contributed by atoms with Gasteiger partial charge in [0.2, 0.25) is 0 Å². The minimum absolute atomic E-state index is 0.512. The second kappa shape index (κ2) is 6.29. The van der Waals surface area contributed by atoms with E-state index in [1.807, 2.05) is 19.1 Å². The van der Waals surface area contributed by atoms with Crippen LogP contribution in [0.2, 0.25) is 0 Å². The Balaban J connectivity index is 2.42. The first kappa shape index (κ1) is 14.2. The fourth-order valence-electron chi connectivity index (χ4n) is 3.01. The van der Waals surface area contributed by atoms with Crippen LogP contribution in [0.4, 0.5) is 5.69 Å². The van der Waals surface area contributed by atoms with E-state index in [4.69, 9.17) is 4.74 Å². The first-order valence-corrected chi connectivity index (χ1v) is 7.26. The second-order valence-electron chi connectivity index (χ2n) is 5.46. The number of hydrogen-bond donors (Lipinski definition) is 1. The molecule has 1 aromatic rings. The summed E-state index contributed by atoms with van der Waals surface area (Å²) in [6.45, 7) is 5.15. The van der Waals surface area contributed by atoms with Crippen molar-refractivity contribution in [1.29, 1.82) is 0 Å². The van der Waals surface area contributed by atoms with Crippen molar-refractivity contribution in [2.24, 2.45) is 0 Å². The van der Waals surface area contributed by atoms with Crippen molar-refractivity contribution in [2.45, 2.75) is 51.7 Å². The van der Waals surface area contributed by atoms with Crippen molar-refractivity contribution in [3.63, 3.8) is 0 Å². The molecule has 1 fully saturated rings. The number of aliphatic hydroxyl groups excluding tert-OH is 1. The molecule has 1 aliphatic rings. The molecule has 1 unspecified atom stereocenters. The number of methoxy groups -OCH3 is 1. The maximum Gasteiger partial charge on any atom is 0.126 e. The Morgan fingerprint density at radius 3 is 2.79 bits per heavy atom. The minimum atomic E-state index is -0.512. The highest BCUT2D eigenvalue weighted by Crippen LogP contribution is 2.36. The number of rotatable bonds is 3. The molecule has 2 atom stereocenters. The molecule has 3 nitrogen and oxygen atoms in total. The van der Waals surface area contributed by atoms with Crippen molar-refractivity contribution in [2.75, 3.05) is 18.6 Å². The van der Waals surface area contributed by atoms with Crippen LogP contribution in [0.15, 0.2) is 18.2 Å². The predicted molar refractivity (Wildman–Crippen MR) is 78.9 cm³/mol. The van der Waals surface area contributed by atoms with Gasteiger partial charge in [0, 0.05) is 23.8 Å². The zero-order valence-electron chi connectivity index (χ0n) is 12.2. The van der Waals surface area contributed by atoms with Gasteiger partial charge in [-0.3, -0.25) is 0 Å². The fraction of sp³-hybridized carbons (Fsp3) is 0.625. The van der Waals surface area contributed by atoms with E-state index in [1.165, 1.54) is 25.7 Å². The molecule has 1 aliphatic heterocycles. The lowest BCUT2D eigenvalue weighted by Gasteiger charge is -2.32. The van der Waals surface area contributed by atoms with Gasteiger partial charge >= 0.3 is 0 Å². The van der Waals surface area contributed by atoms with Crippen molar-refractivity contribution in [3.8, 4) is 5.75 Å². The van der Waals surface area contributed by atoms with Crippen LogP contribution in [0.25, 0.3) is 0 Å². The van der Waals surface area contributed by atoms with Gasteiger partial charge < -0.3 is 14.7 Å². The largest absolute Gasteiger partial charge is 0.496 e. The molecule has 2 rings (SSSR count). The first-order valence-electron chi connectivity index (χ1n) is 7.26. The fourth-order valence-corrected chi connectivity index (χ4v) is 3.01. The van der Waals surface area contributed by atoms with E-state index in [0.29, 0.717) is 6.04 Å². The number of anilines is 1. The first-order chi connectivity index (χ1) is 9.15. The molecule has 1 aromatic carbocycles. The topological polar surface area (TPSA) is 32.7 Å². The lowest BCUT2D eigenvalue weighted by Crippen LogP contribution is -2.33. The normalized spacial score (nSPS) is 21.9. The van der Waals surface area contributed by atoms with Crippen molar-refractivity contribution >= 4 is 5.69 Å². The van der Waals surface area contributed by atoms with Gasteiger partial charge in [0.05, 0.1) is 13.2 Å². The number of hydrogen-bond acceptors (Lipinski definition) is 3. The highest BCUT2D eigenvalue weighted by Gasteiger charge is 2.23. The molecule has 0 bridgehead atoms. The van der Waals surface area contributed by atoms with Crippen molar-refractivity contribution < 1.29 is 9.84 Å². The summed E-state index contributed by atoms with van der Waals surface area (Å²) in [4.78, 5) is 2.43. The van der Waals surface area contributed by atoms with E-state index < -0.39 is 6.10 Å². The van der Waals surface area contributed by atoms with Crippen LogP contribution in [0.5, 0.6) is 5.75 Å². The molecular formula is C16H25NO2. The van der Waals surface area contributed by atoms with E-state index in [0.717, 1.165) is 23.5 Å². The van der Waals surface area contributed by atoms with Crippen LogP contribution >= 0.6 is 0 Å². The highest BCUT2D eigenvalue weighted by atomic mass is 16.5. The molecule has 1 saturated heterocycles. The summed E-state index contributed by atoms with van der Waals surface area (Å²) in [6, 6.07) is 6.56. The van der Waals surface area contributed by atoms with Crippen molar-refractivity contribution in [1.82, 2.24) is 0 Å². The average molecular weight is 263 g/mol. The molecule has 1 heterocycles. The number of ether oxygens (including phenoxy) is 1. The standard InChI is InChI=1S/C16H25NO2/c1-12-8-5-4-6-11-17(12)14-9-7-10-15(19-3)16(14)13(2)18/h7,9-10,12-13,18H,4-6,8,11H2,1-3H3/t12?,13-/m0/s1. The lowest BCUT2D eigenvalue weighted by molar-refractivity contribution is 0.194. The van der Waals surface area contributed by atoms with Crippen LogP contribution in [0.1, 0.15) is 51.2 Å². The Hall–Kier alpha value is -1.22. The maximum absolute atomic E-state index is 10.1. The maximum atomic E-state index is 10.1. The number of aliphatic hydroxyl groups is 1. The summed E-state index contributed by atoms with van der Waals surface area (Å²) >= 11 is 0. The van der Waals surface area contributed by atoms with Gasteiger partial charge in [-0.1, -0.05) is 18.9 Å². The van der Waals surface area contributed by atoms with Crippen LogP contribution in [0, 0.1) is 0 Å². The summed E-state index contributed by atoms with van der Waals surface area (Å²) < 4.78 is 5.42. The molecule has 0 amide bonds. The van der Waals surface area contributed by atoms with Crippen LogP contribution in [0.3, 0.4) is 0 Å². The molecule has 0 spiro atoms. The number of benzene rings is 1. The quantitative estimate of drug-likeness (QED) is 0.905. The zero-order chi connectivity index (χ0) is 13.8. The third kappa shape index (κ3) is 3.03. The summed E-state index contributed by atoms with van der Waals surface area (Å²) in [6.07, 6.45) is 4.53. The van der Waals surface area contributed by atoms with Gasteiger partial charge in [-0.15, -0.1) is 0 Å². The predicted octanol–water partition coefficient (Wildman–Crippen LogP) is 3.52. The molecular weight excluding hydrogens is 238 g/mol. The zero-order valence-corrected chi connectivity index (χ0v) is 12.2. The average Bonchev–Trinajstić information content (AvgIpc) is 2.62. The van der Waals surface area contributed by atoms with E-state index in [-0.39, 0.29) is 0 Å². The molecule has 3 heteroatoms. The third-order valence-corrected chi connectivity index (χ3v) is 4.04. The molecule has 106 valence electrons. The molecule has 0 aliphatic carbocycles. The van der Waals surface area contributed by atoms with Gasteiger partial charge in [-0.05, 0) is 38.8 Å². The van der Waals surface area contributed by atoms with Gasteiger partial charge in [0.15, 0.2) is 0 Å². The van der Waals surface area contributed by atoms with Gasteiger partial charge in [-0.25, -0.2) is 0 Å². The number of nitrogens with zero attached hydrogens (tertiary/aromatic N) is 1. The molecule has 0 aromatic heterocycles. The molecule has 19 heavy (non-hydrogen) atoms. The second-order valence-corrected chi connectivity index (χ2v) is 5.46. The van der Waals surface area contributed by atoms with Crippen LogP contribution in [-0.2, 0) is 0 Å². The Morgan fingerprint density at radius 2 is 2.11 bits per heavy atom. The van der Waals surface area contributed by atoms with E-state index >= 15 is 0 Å². The van der Waals surface area contributed by atoms with Gasteiger partial charge in [0.1, 0.15) is 5.75 Å².